The molecule has 1 fully saturated rings. The second-order valence-corrected chi connectivity index (χ2v) is 5.53. The van der Waals surface area contributed by atoms with E-state index in [0.29, 0.717) is 18.0 Å². The molecule has 1 aliphatic heterocycles. The van der Waals surface area contributed by atoms with Gasteiger partial charge < -0.3 is 5.73 Å². The van der Waals surface area contributed by atoms with Crippen LogP contribution in [0.15, 0.2) is 18.2 Å². The fourth-order valence-electron chi connectivity index (χ4n) is 2.76. The van der Waals surface area contributed by atoms with Crippen LogP contribution in [-0.4, -0.2) is 29.0 Å². The van der Waals surface area contributed by atoms with E-state index >= 15 is 0 Å². The van der Waals surface area contributed by atoms with Gasteiger partial charge in [-0.05, 0) is 44.4 Å². The van der Waals surface area contributed by atoms with E-state index in [1.165, 1.54) is 12.1 Å². The lowest BCUT2D eigenvalue weighted by Gasteiger charge is -2.34. The minimum Gasteiger partial charge on any atom is -0.328 e. The maximum Gasteiger partial charge on any atom is 0.274 e. The van der Waals surface area contributed by atoms with Gasteiger partial charge in [0.2, 0.25) is 0 Å². The van der Waals surface area contributed by atoms with Crippen molar-refractivity contribution in [3.8, 4) is 0 Å². The summed E-state index contributed by atoms with van der Waals surface area (Å²) in [4.78, 5) is 12.7. The van der Waals surface area contributed by atoms with Crippen molar-refractivity contribution < 1.29 is 9.31 Å². The first-order chi connectivity index (χ1) is 9.47. The molecule has 2 atom stereocenters. The van der Waals surface area contributed by atoms with Gasteiger partial charge in [0.15, 0.2) is 0 Å². The third kappa shape index (κ3) is 4.62. The standard InChI is InChI=1S/C14H20FN3O2.ClH/c1-10(16)11-3-2-6-17(8-11)9-12-7-13(15)4-5-14(12)18(19)20;/h4-5,7,10-11H,2-3,6,8-9,16H2,1H3;1H. The Bertz CT molecular complexity index is 499. The second-order valence-electron chi connectivity index (χ2n) is 5.53. The molecular weight excluding hydrogens is 297 g/mol. The number of rotatable bonds is 4. The van der Waals surface area contributed by atoms with Crippen LogP contribution in [0.1, 0.15) is 25.3 Å². The minimum absolute atomic E-state index is 0. The van der Waals surface area contributed by atoms with Gasteiger partial charge in [-0.1, -0.05) is 0 Å². The molecule has 21 heavy (non-hydrogen) atoms. The Kier molecular flexibility index (Phi) is 6.51. The van der Waals surface area contributed by atoms with Crippen LogP contribution in [0, 0.1) is 21.8 Å². The first-order valence-electron chi connectivity index (χ1n) is 6.88. The van der Waals surface area contributed by atoms with Gasteiger partial charge in [-0.3, -0.25) is 15.0 Å². The van der Waals surface area contributed by atoms with Crippen LogP contribution >= 0.6 is 12.4 Å². The molecule has 1 aromatic rings. The van der Waals surface area contributed by atoms with Crippen molar-refractivity contribution in [1.82, 2.24) is 4.90 Å². The number of nitro benzene ring substituents is 1. The zero-order valence-electron chi connectivity index (χ0n) is 12.0. The Hall–Kier alpha value is -1.24. The number of hydrogen-bond donors (Lipinski definition) is 1. The van der Waals surface area contributed by atoms with E-state index in [9.17, 15) is 14.5 Å². The normalized spacial score (nSPS) is 20.6. The molecule has 1 aliphatic rings. The highest BCUT2D eigenvalue weighted by Crippen LogP contribution is 2.25. The number of hydrogen-bond acceptors (Lipinski definition) is 4. The third-order valence-electron chi connectivity index (χ3n) is 3.92. The van der Waals surface area contributed by atoms with Crippen molar-refractivity contribution in [2.75, 3.05) is 13.1 Å². The Morgan fingerprint density at radius 2 is 2.29 bits per heavy atom. The highest BCUT2D eigenvalue weighted by atomic mass is 35.5. The van der Waals surface area contributed by atoms with Crippen LogP contribution < -0.4 is 5.73 Å². The zero-order valence-corrected chi connectivity index (χ0v) is 12.8. The van der Waals surface area contributed by atoms with E-state index in [1.54, 1.807) is 0 Å². The summed E-state index contributed by atoms with van der Waals surface area (Å²) < 4.78 is 13.3. The summed E-state index contributed by atoms with van der Waals surface area (Å²) in [6.45, 7) is 4.07. The maximum atomic E-state index is 13.3. The van der Waals surface area contributed by atoms with Gasteiger partial charge in [-0.2, -0.15) is 0 Å². The van der Waals surface area contributed by atoms with Crippen LogP contribution in [-0.2, 0) is 6.54 Å². The number of nitro groups is 1. The molecule has 0 saturated carbocycles. The number of likely N-dealkylation sites (tertiary alicyclic amines) is 1. The van der Waals surface area contributed by atoms with Gasteiger partial charge in [0.05, 0.1) is 4.92 Å². The molecule has 7 heteroatoms. The van der Waals surface area contributed by atoms with E-state index in [2.05, 4.69) is 4.90 Å². The zero-order chi connectivity index (χ0) is 14.7. The van der Waals surface area contributed by atoms with Crippen molar-refractivity contribution in [2.45, 2.75) is 32.4 Å². The third-order valence-corrected chi connectivity index (χ3v) is 3.92. The molecule has 0 aliphatic carbocycles. The molecule has 1 saturated heterocycles. The Labute approximate surface area is 129 Å². The summed E-state index contributed by atoms with van der Waals surface area (Å²) in [7, 11) is 0. The van der Waals surface area contributed by atoms with Gasteiger partial charge in [-0.15, -0.1) is 12.4 Å². The van der Waals surface area contributed by atoms with Crippen molar-refractivity contribution in [1.29, 1.82) is 0 Å². The number of nitrogens with zero attached hydrogens (tertiary/aromatic N) is 2. The largest absolute Gasteiger partial charge is 0.328 e. The minimum atomic E-state index is -0.457. The number of nitrogens with two attached hydrogens (primary N) is 1. The van der Waals surface area contributed by atoms with Crippen LogP contribution in [0.3, 0.4) is 0 Å². The van der Waals surface area contributed by atoms with Gasteiger partial charge in [-0.25, -0.2) is 4.39 Å². The molecule has 0 bridgehead atoms. The Morgan fingerprint density at radius 3 is 2.90 bits per heavy atom. The molecule has 5 nitrogen and oxygen atoms in total. The molecule has 1 heterocycles. The molecule has 0 radical (unpaired) electrons. The molecule has 2 unspecified atom stereocenters. The van der Waals surface area contributed by atoms with Crippen LogP contribution in [0.25, 0.3) is 0 Å². The topological polar surface area (TPSA) is 72.4 Å². The van der Waals surface area contributed by atoms with Crippen molar-refractivity contribution in [3.05, 3.63) is 39.7 Å². The summed E-state index contributed by atoms with van der Waals surface area (Å²) >= 11 is 0. The fourth-order valence-corrected chi connectivity index (χ4v) is 2.76. The van der Waals surface area contributed by atoms with E-state index in [0.717, 1.165) is 32.0 Å². The highest BCUT2D eigenvalue weighted by molar-refractivity contribution is 5.85. The molecule has 0 aromatic heterocycles. The summed E-state index contributed by atoms with van der Waals surface area (Å²) in [5, 5.41) is 11.0. The van der Waals surface area contributed by atoms with Crippen LogP contribution in [0.5, 0.6) is 0 Å². The van der Waals surface area contributed by atoms with Crippen LogP contribution in [0.2, 0.25) is 0 Å². The summed E-state index contributed by atoms with van der Waals surface area (Å²) in [5.41, 5.74) is 6.34. The summed E-state index contributed by atoms with van der Waals surface area (Å²) in [5.74, 6) is -0.0392. The van der Waals surface area contributed by atoms with Gasteiger partial charge in [0.1, 0.15) is 5.82 Å². The Morgan fingerprint density at radius 1 is 1.57 bits per heavy atom. The number of benzene rings is 1. The van der Waals surface area contributed by atoms with Crippen molar-refractivity contribution in [3.63, 3.8) is 0 Å². The van der Waals surface area contributed by atoms with Gasteiger partial charge in [0.25, 0.3) is 5.69 Å². The Balaban J connectivity index is 0.00000220. The van der Waals surface area contributed by atoms with Crippen molar-refractivity contribution in [2.24, 2.45) is 11.7 Å². The molecule has 118 valence electrons. The first-order valence-corrected chi connectivity index (χ1v) is 6.88. The second kappa shape index (κ2) is 7.68. The number of halogens is 2. The maximum absolute atomic E-state index is 13.3. The fraction of sp³-hybridized carbons (Fsp3) is 0.571. The monoisotopic (exact) mass is 317 g/mol. The number of piperidine rings is 1. The molecule has 2 N–H and O–H groups in total. The quantitative estimate of drug-likeness (QED) is 0.684. The smallest absolute Gasteiger partial charge is 0.274 e. The molecule has 2 rings (SSSR count). The average molecular weight is 318 g/mol. The lowest BCUT2D eigenvalue weighted by molar-refractivity contribution is -0.385. The van der Waals surface area contributed by atoms with Gasteiger partial charge >= 0.3 is 0 Å². The first kappa shape index (κ1) is 17.8. The van der Waals surface area contributed by atoms with E-state index in [4.69, 9.17) is 5.73 Å². The SMILES string of the molecule is CC(N)C1CCCN(Cc2cc(F)ccc2[N+](=O)[O-])C1.Cl. The lowest BCUT2D eigenvalue weighted by Crippen LogP contribution is -2.42. The van der Waals surface area contributed by atoms with Gasteiger partial charge in [0, 0.05) is 30.8 Å². The lowest BCUT2D eigenvalue weighted by atomic mass is 9.92. The summed E-state index contributed by atoms with van der Waals surface area (Å²) in [6, 6.07) is 3.73. The molecular formula is C14H21ClFN3O2. The van der Waals surface area contributed by atoms with Crippen molar-refractivity contribution >= 4 is 18.1 Å². The van der Waals surface area contributed by atoms with E-state index in [-0.39, 0.29) is 24.1 Å². The molecule has 1 aromatic carbocycles. The molecule has 0 spiro atoms. The average Bonchev–Trinajstić information content (AvgIpc) is 2.38. The predicted molar refractivity (Wildman–Crippen MR) is 82.0 cm³/mol. The van der Waals surface area contributed by atoms with E-state index < -0.39 is 10.7 Å². The highest BCUT2D eigenvalue weighted by Gasteiger charge is 2.24. The molecule has 0 amide bonds. The van der Waals surface area contributed by atoms with Crippen LogP contribution in [0.4, 0.5) is 10.1 Å². The van der Waals surface area contributed by atoms with E-state index in [1.807, 2.05) is 6.92 Å². The predicted octanol–water partition coefficient (Wildman–Crippen LogP) is 2.71. The summed E-state index contributed by atoms with van der Waals surface area (Å²) in [6.07, 6.45) is 2.11.